The van der Waals surface area contributed by atoms with Gasteiger partial charge in [-0.25, -0.2) is 9.59 Å². The van der Waals surface area contributed by atoms with Crippen LogP contribution in [0.4, 0.5) is 10.5 Å². The van der Waals surface area contributed by atoms with Gasteiger partial charge in [-0.05, 0) is 32.9 Å². The zero-order valence-electron chi connectivity index (χ0n) is 14.0. The molecule has 1 fully saturated rings. The Balaban J connectivity index is 2.09. The second kappa shape index (κ2) is 6.89. The van der Waals surface area contributed by atoms with Crippen molar-refractivity contribution in [3.8, 4) is 0 Å². The summed E-state index contributed by atoms with van der Waals surface area (Å²) in [7, 11) is 1.33. The number of likely N-dealkylation sites (tertiary alicyclic amines) is 1. The highest BCUT2D eigenvalue weighted by Crippen LogP contribution is 2.24. The highest BCUT2D eigenvalue weighted by molar-refractivity contribution is 5.82. The van der Waals surface area contributed by atoms with Gasteiger partial charge in [-0.15, -0.1) is 0 Å². The van der Waals surface area contributed by atoms with Gasteiger partial charge in [0, 0.05) is 24.7 Å². The van der Waals surface area contributed by atoms with E-state index >= 15 is 0 Å². The van der Waals surface area contributed by atoms with Gasteiger partial charge in [0.2, 0.25) is 0 Å². The summed E-state index contributed by atoms with van der Waals surface area (Å²) in [6.07, 6.45) is -0.00821. The van der Waals surface area contributed by atoms with E-state index in [-0.39, 0.29) is 6.04 Å². The molecule has 1 aliphatic rings. The predicted molar refractivity (Wildman–Crippen MR) is 87.2 cm³/mol. The molecule has 126 valence electrons. The molecule has 2 rings (SSSR count). The number of benzene rings is 1. The molecule has 0 aromatic heterocycles. The van der Waals surface area contributed by atoms with E-state index in [2.05, 4.69) is 5.32 Å². The third-order valence-electron chi connectivity index (χ3n) is 3.55. The number of hydrogen-bond acceptors (Lipinski definition) is 5. The van der Waals surface area contributed by atoms with E-state index in [1.165, 1.54) is 12.0 Å². The topological polar surface area (TPSA) is 67.9 Å². The van der Waals surface area contributed by atoms with Crippen molar-refractivity contribution in [1.82, 2.24) is 4.90 Å². The maximum Gasteiger partial charge on any atom is 0.411 e. The highest BCUT2D eigenvalue weighted by atomic mass is 16.6. The van der Waals surface area contributed by atoms with Gasteiger partial charge in [-0.3, -0.25) is 4.90 Å². The van der Waals surface area contributed by atoms with Crippen LogP contribution in [0.25, 0.3) is 0 Å². The lowest BCUT2D eigenvalue weighted by molar-refractivity contribution is -0.145. The third kappa shape index (κ3) is 4.61. The Morgan fingerprint density at radius 2 is 1.87 bits per heavy atom. The van der Waals surface area contributed by atoms with E-state index in [4.69, 9.17) is 9.47 Å². The fraction of sp³-hybridized carbons (Fsp3) is 0.529. The van der Waals surface area contributed by atoms with Crippen molar-refractivity contribution < 1.29 is 19.1 Å². The van der Waals surface area contributed by atoms with Crippen LogP contribution in [0.15, 0.2) is 30.3 Å². The maximum absolute atomic E-state index is 12.4. The monoisotopic (exact) mass is 320 g/mol. The van der Waals surface area contributed by atoms with Crippen molar-refractivity contribution in [3.63, 3.8) is 0 Å². The van der Waals surface area contributed by atoms with Crippen molar-refractivity contribution in [1.29, 1.82) is 0 Å². The zero-order chi connectivity index (χ0) is 17.0. The summed E-state index contributed by atoms with van der Waals surface area (Å²) < 4.78 is 10.2. The number of amides is 1. The first kappa shape index (κ1) is 17.1. The summed E-state index contributed by atoms with van der Waals surface area (Å²) in [6, 6.07) is 9.03. The molecule has 1 amide bonds. The third-order valence-corrected chi connectivity index (χ3v) is 3.55. The number of rotatable bonds is 3. The number of anilines is 1. The minimum absolute atomic E-state index is 0.0333. The number of hydrogen-bond donors (Lipinski definition) is 1. The van der Waals surface area contributed by atoms with E-state index in [0.717, 1.165) is 5.69 Å². The molecule has 1 N–H and O–H groups in total. The van der Waals surface area contributed by atoms with E-state index in [1.807, 2.05) is 30.3 Å². The molecule has 0 unspecified atom stereocenters. The molecule has 1 aromatic carbocycles. The van der Waals surface area contributed by atoms with E-state index in [1.54, 1.807) is 20.8 Å². The number of nitrogens with zero attached hydrogens (tertiary/aromatic N) is 1. The quantitative estimate of drug-likeness (QED) is 0.867. The largest absolute Gasteiger partial charge is 0.467 e. The Kier molecular flexibility index (Phi) is 5.13. The molecule has 6 heteroatoms. The summed E-state index contributed by atoms with van der Waals surface area (Å²) in [5, 5.41) is 3.34. The van der Waals surface area contributed by atoms with Crippen LogP contribution in [0.3, 0.4) is 0 Å². The molecule has 1 aliphatic heterocycles. The molecular weight excluding hydrogens is 296 g/mol. The number of methoxy groups -OCH3 is 1. The number of nitrogens with one attached hydrogen (secondary N) is 1. The Morgan fingerprint density at radius 1 is 1.22 bits per heavy atom. The average Bonchev–Trinajstić information content (AvgIpc) is 2.90. The lowest BCUT2D eigenvalue weighted by Gasteiger charge is -2.27. The lowest BCUT2D eigenvalue weighted by Crippen LogP contribution is -2.44. The first-order valence-corrected chi connectivity index (χ1v) is 7.69. The molecule has 1 heterocycles. The smallest absolute Gasteiger partial charge is 0.411 e. The molecule has 6 nitrogen and oxygen atoms in total. The summed E-state index contributed by atoms with van der Waals surface area (Å²) in [5.41, 5.74) is 0.343. The van der Waals surface area contributed by atoms with Crippen LogP contribution in [0.1, 0.15) is 27.2 Å². The van der Waals surface area contributed by atoms with Crippen molar-refractivity contribution in [2.75, 3.05) is 19.0 Å². The zero-order valence-corrected chi connectivity index (χ0v) is 14.0. The van der Waals surface area contributed by atoms with E-state index in [9.17, 15) is 9.59 Å². The minimum Gasteiger partial charge on any atom is -0.467 e. The van der Waals surface area contributed by atoms with Gasteiger partial charge >= 0.3 is 12.1 Å². The number of ether oxygens (including phenoxy) is 2. The van der Waals surface area contributed by atoms with E-state index < -0.39 is 23.7 Å². The normalized spacial score (nSPS) is 21.0. The number of para-hydroxylation sites is 1. The Bertz CT molecular complexity index is 553. The van der Waals surface area contributed by atoms with Crippen LogP contribution in [-0.2, 0) is 14.3 Å². The number of carbonyl (C=O) groups excluding carboxylic acids is 2. The van der Waals surface area contributed by atoms with Gasteiger partial charge < -0.3 is 14.8 Å². The van der Waals surface area contributed by atoms with Crippen molar-refractivity contribution in [2.24, 2.45) is 0 Å². The Morgan fingerprint density at radius 3 is 2.43 bits per heavy atom. The van der Waals surface area contributed by atoms with Gasteiger partial charge in [-0.1, -0.05) is 18.2 Å². The SMILES string of the molecule is COC(=O)[C@@H]1C[C@@H](Nc2ccccc2)CN1C(=O)OC(C)(C)C. The first-order chi connectivity index (χ1) is 10.8. The van der Waals surface area contributed by atoms with Crippen molar-refractivity contribution >= 4 is 17.7 Å². The predicted octanol–water partition coefficient (Wildman–Crippen LogP) is 2.65. The first-order valence-electron chi connectivity index (χ1n) is 7.69. The number of carbonyl (C=O) groups is 2. The molecule has 1 aromatic rings. The molecule has 23 heavy (non-hydrogen) atoms. The molecule has 0 spiro atoms. The maximum atomic E-state index is 12.4. The summed E-state index contributed by atoms with van der Waals surface area (Å²) in [5.74, 6) is -0.423. The van der Waals surface area contributed by atoms with Crippen LogP contribution in [0.5, 0.6) is 0 Å². The second-order valence-electron chi connectivity index (χ2n) is 6.61. The van der Waals surface area contributed by atoms with E-state index in [0.29, 0.717) is 13.0 Å². The summed E-state index contributed by atoms with van der Waals surface area (Å²) in [4.78, 5) is 25.8. The highest BCUT2D eigenvalue weighted by Gasteiger charge is 2.42. The number of esters is 1. The van der Waals surface area contributed by atoms with Crippen LogP contribution in [-0.4, -0.2) is 48.3 Å². The molecular formula is C17H24N2O4. The standard InChI is InChI=1S/C17H24N2O4/c1-17(2,3)23-16(21)19-11-13(10-14(19)15(20)22-4)18-12-8-6-5-7-9-12/h5-9,13-14,18H,10-11H2,1-4H3/t13-,14+/m1/s1. The lowest BCUT2D eigenvalue weighted by atomic mass is 10.1. The molecule has 0 aliphatic carbocycles. The van der Waals surface area contributed by atoms with Crippen molar-refractivity contribution in [3.05, 3.63) is 30.3 Å². The molecule has 0 bridgehead atoms. The summed E-state index contributed by atoms with van der Waals surface area (Å²) >= 11 is 0. The van der Waals surface area contributed by atoms with Crippen molar-refractivity contribution in [2.45, 2.75) is 44.9 Å². The molecule has 2 atom stereocenters. The Labute approximate surface area is 136 Å². The molecule has 0 radical (unpaired) electrons. The van der Waals surface area contributed by atoms with Gasteiger partial charge in [0.1, 0.15) is 11.6 Å². The van der Waals surface area contributed by atoms with Crippen LogP contribution < -0.4 is 5.32 Å². The minimum atomic E-state index is -0.629. The fourth-order valence-electron chi connectivity index (χ4n) is 2.59. The molecule has 0 saturated carbocycles. The Hall–Kier alpha value is -2.24. The summed E-state index contributed by atoms with van der Waals surface area (Å²) in [6.45, 7) is 5.79. The molecule has 1 saturated heterocycles. The van der Waals surface area contributed by atoms with Gasteiger partial charge in [0.25, 0.3) is 0 Å². The van der Waals surface area contributed by atoms with Crippen LogP contribution >= 0.6 is 0 Å². The van der Waals surface area contributed by atoms with Gasteiger partial charge in [-0.2, -0.15) is 0 Å². The van der Waals surface area contributed by atoms with Crippen LogP contribution in [0.2, 0.25) is 0 Å². The average molecular weight is 320 g/mol. The fourth-order valence-corrected chi connectivity index (χ4v) is 2.59. The van der Waals surface area contributed by atoms with Gasteiger partial charge in [0.05, 0.1) is 7.11 Å². The second-order valence-corrected chi connectivity index (χ2v) is 6.61. The van der Waals surface area contributed by atoms with Gasteiger partial charge in [0.15, 0.2) is 0 Å². The van der Waals surface area contributed by atoms with Crippen LogP contribution in [0, 0.1) is 0 Å².